The molecule has 1 aromatic rings. The molecule has 3 heteroatoms. The van der Waals surface area contributed by atoms with E-state index in [0.717, 1.165) is 37.8 Å². The molecule has 94 valence electrons. The van der Waals surface area contributed by atoms with Crippen molar-refractivity contribution in [1.29, 1.82) is 0 Å². The molecule has 0 radical (unpaired) electrons. The Labute approximate surface area is 107 Å². The first-order valence-electron chi connectivity index (χ1n) is 6.35. The van der Waals surface area contributed by atoms with E-state index >= 15 is 0 Å². The highest BCUT2D eigenvalue weighted by atomic mass is 35.5. The number of nitrogens with one attached hydrogen (secondary N) is 1. The van der Waals surface area contributed by atoms with Crippen LogP contribution >= 0.6 is 11.6 Å². The van der Waals surface area contributed by atoms with Crippen molar-refractivity contribution in [3.63, 3.8) is 0 Å². The van der Waals surface area contributed by atoms with Crippen LogP contribution in [0.3, 0.4) is 0 Å². The monoisotopic (exact) mass is 255 g/mol. The summed E-state index contributed by atoms with van der Waals surface area (Å²) in [6.07, 6.45) is 5.46. The Kier molecular flexibility index (Phi) is 4.05. The minimum Gasteiger partial charge on any atom is -0.311 e. The van der Waals surface area contributed by atoms with Crippen molar-refractivity contribution in [3.8, 4) is 0 Å². The first-order valence-corrected chi connectivity index (χ1v) is 6.72. The van der Waals surface area contributed by atoms with Crippen LogP contribution in [0.1, 0.15) is 38.2 Å². The smallest absolute Gasteiger partial charge is 0.142 e. The van der Waals surface area contributed by atoms with Gasteiger partial charge in [-0.05, 0) is 43.9 Å². The van der Waals surface area contributed by atoms with Gasteiger partial charge in [0.1, 0.15) is 5.82 Å². The normalized spacial score (nSPS) is 24.2. The molecule has 1 N–H and O–H groups in total. The minimum absolute atomic E-state index is 0.131. The fourth-order valence-electron chi connectivity index (χ4n) is 2.85. The molecule has 1 aromatic carbocycles. The van der Waals surface area contributed by atoms with Crippen molar-refractivity contribution < 1.29 is 4.39 Å². The van der Waals surface area contributed by atoms with Gasteiger partial charge in [0.25, 0.3) is 0 Å². The molecule has 0 spiro atoms. The van der Waals surface area contributed by atoms with E-state index in [0.29, 0.717) is 0 Å². The SMILES string of the molecule is CCCC1(Cc2cccc(F)c2Cl)CCCN1. The Hall–Kier alpha value is -0.600. The fraction of sp³-hybridized carbons (Fsp3) is 0.571. The van der Waals surface area contributed by atoms with E-state index in [4.69, 9.17) is 11.6 Å². The summed E-state index contributed by atoms with van der Waals surface area (Å²) in [5.41, 5.74) is 1.06. The Morgan fingerprint density at radius 3 is 2.94 bits per heavy atom. The Bertz CT molecular complexity index is 386. The van der Waals surface area contributed by atoms with Gasteiger partial charge in [-0.3, -0.25) is 0 Å². The van der Waals surface area contributed by atoms with Crippen LogP contribution in [-0.2, 0) is 6.42 Å². The van der Waals surface area contributed by atoms with Crippen molar-refractivity contribution >= 4 is 11.6 Å². The van der Waals surface area contributed by atoms with Crippen LogP contribution in [0.25, 0.3) is 0 Å². The maximum atomic E-state index is 13.4. The van der Waals surface area contributed by atoms with E-state index in [1.807, 2.05) is 6.07 Å². The van der Waals surface area contributed by atoms with E-state index in [-0.39, 0.29) is 16.4 Å². The highest BCUT2D eigenvalue weighted by Crippen LogP contribution is 2.31. The fourth-order valence-corrected chi connectivity index (χ4v) is 3.04. The zero-order valence-corrected chi connectivity index (χ0v) is 11.0. The molecule has 1 heterocycles. The van der Waals surface area contributed by atoms with Crippen LogP contribution in [0.2, 0.25) is 5.02 Å². The molecule has 2 rings (SSSR count). The van der Waals surface area contributed by atoms with E-state index in [9.17, 15) is 4.39 Å². The second-order valence-corrected chi connectivity index (χ2v) is 5.33. The van der Waals surface area contributed by atoms with Crippen LogP contribution in [0.4, 0.5) is 4.39 Å². The average molecular weight is 256 g/mol. The highest BCUT2D eigenvalue weighted by molar-refractivity contribution is 6.31. The predicted octanol–water partition coefficient (Wildman–Crippen LogP) is 3.94. The first kappa shape index (κ1) is 12.8. The van der Waals surface area contributed by atoms with Gasteiger partial charge < -0.3 is 5.32 Å². The number of benzene rings is 1. The number of rotatable bonds is 4. The van der Waals surface area contributed by atoms with Crippen LogP contribution in [0, 0.1) is 5.82 Å². The maximum absolute atomic E-state index is 13.4. The molecule has 1 aliphatic heterocycles. The summed E-state index contributed by atoms with van der Waals surface area (Å²) in [4.78, 5) is 0. The lowest BCUT2D eigenvalue weighted by atomic mass is 9.85. The van der Waals surface area contributed by atoms with Gasteiger partial charge in [-0.25, -0.2) is 4.39 Å². The summed E-state index contributed by atoms with van der Waals surface area (Å²) in [6.45, 7) is 3.25. The van der Waals surface area contributed by atoms with Crippen molar-refractivity contribution in [2.24, 2.45) is 0 Å². The number of hydrogen-bond acceptors (Lipinski definition) is 1. The second kappa shape index (κ2) is 5.36. The molecule has 0 aliphatic carbocycles. The van der Waals surface area contributed by atoms with Gasteiger partial charge in [0.05, 0.1) is 5.02 Å². The van der Waals surface area contributed by atoms with Gasteiger partial charge in [0.15, 0.2) is 0 Å². The molecule has 1 unspecified atom stereocenters. The molecule has 0 amide bonds. The Morgan fingerprint density at radius 1 is 1.47 bits per heavy atom. The Morgan fingerprint density at radius 2 is 2.29 bits per heavy atom. The van der Waals surface area contributed by atoms with Gasteiger partial charge in [0.2, 0.25) is 0 Å². The first-order chi connectivity index (χ1) is 8.17. The summed E-state index contributed by atoms with van der Waals surface area (Å²) in [5, 5.41) is 3.87. The van der Waals surface area contributed by atoms with E-state index < -0.39 is 0 Å². The van der Waals surface area contributed by atoms with Crippen LogP contribution < -0.4 is 5.32 Å². The standard InChI is InChI=1S/C14H19ClFN/c1-2-7-14(8-4-9-17-14)10-11-5-3-6-12(16)13(11)15/h3,5-6,17H,2,4,7-10H2,1H3. The lowest BCUT2D eigenvalue weighted by Crippen LogP contribution is -2.41. The molecule has 1 aliphatic rings. The highest BCUT2D eigenvalue weighted by Gasteiger charge is 2.33. The molecular formula is C14H19ClFN. The van der Waals surface area contributed by atoms with Gasteiger partial charge in [-0.15, -0.1) is 0 Å². The van der Waals surface area contributed by atoms with Gasteiger partial charge >= 0.3 is 0 Å². The van der Waals surface area contributed by atoms with Crippen LogP contribution in [0.15, 0.2) is 18.2 Å². The molecule has 1 fully saturated rings. The lowest BCUT2D eigenvalue weighted by Gasteiger charge is -2.30. The van der Waals surface area contributed by atoms with Gasteiger partial charge in [-0.1, -0.05) is 37.1 Å². The summed E-state index contributed by atoms with van der Waals surface area (Å²) in [5.74, 6) is -0.311. The van der Waals surface area contributed by atoms with Gasteiger partial charge in [-0.2, -0.15) is 0 Å². The quantitative estimate of drug-likeness (QED) is 0.859. The van der Waals surface area contributed by atoms with Crippen LogP contribution in [-0.4, -0.2) is 12.1 Å². The zero-order chi connectivity index (χ0) is 12.3. The number of hydrogen-bond donors (Lipinski definition) is 1. The third-order valence-electron chi connectivity index (χ3n) is 3.62. The summed E-state index contributed by atoms with van der Waals surface area (Å²) in [6, 6.07) is 5.09. The summed E-state index contributed by atoms with van der Waals surface area (Å²) in [7, 11) is 0. The van der Waals surface area contributed by atoms with Gasteiger partial charge in [0, 0.05) is 5.54 Å². The van der Waals surface area contributed by atoms with E-state index in [1.54, 1.807) is 6.07 Å². The molecule has 0 bridgehead atoms. The largest absolute Gasteiger partial charge is 0.311 e. The molecule has 1 nitrogen and oxygen atoms in total. The molecular weight excluding hydrogens is 237 g/mol. The van der Waals surface area contributed by atoms with Crippen molar-refractivity contribution in [2.45, 2.75) is 44.6 Å². The molecule has 0 aromatic heterocycles. The average Bonchev–Trinajstić information content (AvgIpc) is 2.74. The lowest BCUT2D eigenvalue weighted by molar-refractivity contribution is 0.341. The van der Waals surface area contributed by atoms with Crippen molar-refractivity contribution in [1.82, 2.24) is 5.32 Å². The van der Waals surface area contributed by atoms with E-state index in [2.05, 4.69) is 12.2 Å². The molecule has 0 saturated carbocycles. The summed E-state index contributed by atoms with van der Waals surface area (Å²) < 4.78 is 13.4. The van der Waals surface area contributed by atoms with Crippen LogP contribution in [0.5, 0.6) is 0 Å². The Balaban J connectivity index is 2.20. The predicted molar refractivity (Wildman–Crippen MR) is 70.0 cm³/mol. The van der Waals surface area contributed by atoms with Crippen molar-refractivity contribution in [2.75, 3.05) is 6.54 Å². The number of halogens is 2. The maximum Gasteiger partial charge on any atom is 0.142 e. The van der Waals surface area contributed by atoms with E-state index in [1.165, 1.54) is 12.5 Å². The molecule has 1 atom stereocenters. The van der Waals surface area contributed by atoms with Crippen molar-refractivity contribution in [3.05, 3.63) is 34.6 Å². The summed E-state index contributed by atoms with van der Waals surface area (Å²) >= 11 is 6.03. The molecule has 17 heavy (non-hydrogen) atoms. The third kappa shape index (κ3) is 2.80. The minimum atomic E-state index is -0.311. The zero-order valence-electron chi connectivity index (χ0n) is 10.2. The topological polar surface area (TPSA) is 12.0 Å². The third-order valence-corrected chi connectivity index (χ3v) is 4.04. The second-order valence-electron chi connectivity index (χ2n) is 4.95. The molecule has 1 saturated heterocycles.